The van der Waals surface area contributed by atoms with Crippen LogP contribution >= 0.6 is 11.6 Å². The Balaban J connectivity index is 1.66. The molecule has 0 radical (unpaired) electrons. The maximum Gasteiger partial charge on any atom is 0.309 e. The number of benzene rings is 2. The van der Waals surface area contributed by atoms with E-state index in [2.05, 4.69) is 10.6 Å². The minimum atomic E-state index is -3.87. The number of amides is 2. The number of ether oxygens (including phenoxy) is 1. The second kappa shape index (κ2) is 10.6. The van der Waals surface area contributed by atoms with Gasteiger partial charge in [0.25, 0.3) is 0 Å². The van der Waals surface area contributed by atoms with Crippen molar-refractivity contribution in [3.8, 4) is 0 Å². The number of carbonyl (C=O) groups excluding carboxylic acids is 2. The Morgan fingerprint density at radius 2 is 1.73 bits per heavy atom. The fourth-order valence-corrected chi connectivity index (χ4v) is 6.13. The first-order chi connectivity index (χ1) is 15.6. The van der Waals surface area contributed by atoms with Gasteiger partial charge >= 0.3 is 11.8 Å². The average Bonchev–Trinajstić information content (AvgIpc) is 2.76. The van der Waals surface area contributed by atoms with Crippen molar-refractivity contribution in [2.24, 2.45) is 0 Å². The molecule has 1 unspecified atom stereocenters. The highest BCUT2D eigenvalue weighted by atomic mass is 35.5. The molecule has 1 atom stereocenters. The monoisotopic (exact) mass is 493 g/mol. The molecule has 8 nitrogen and oxygen atoms in total. The summed E-state index contributed by atoms with van der Waals surface area (Å²) < 4.78 is 33.8. The Hall–Kier alpha value is -2.46. The molecule has 2 aromatic rings. The van der Waals surface area contributed by atoms with E-state index < -0.39 is 28.1 Å². The molecule has 1 aliphatic heterocycles. The number of halogens is 1. The molecule has 1 aliphatic rings. The van der Waals surface area contributed by atoms with Crippen molar-refractivity contribution in [2.75, 3.05) is 19.7 Å². The van der Waals surface area contributed by atoms with E-state index in [-0.39, 0.29) is 24.5 Å². The maximum atomic E-state index is 13.5. The number of nitrogens with one attached hydrogen (secondary N) is 2. The first kappa shape index (κ1) is 25.2. The Morgan fingerprint density at radius 3 is 2.39 bits per heavy atom. The van der Waals surface area contributed by atoms with Crippen molar-refractivity contribution in [2.45, 2.75) is 44.9 Å². The lowest BCUT2D eigenvalue weighted by atomic mass is 10.1. The molecule has 0 aromatic heterocycles. The first-order valence-corrected chi connectivity index (χ1v) is 12.4. The van der Waals surface area contributed by atoms with Gasteiger partial charge in [-0.05, 0) is 49.9 Å². The Labute approximate surface area is 199 Å². The second-order valence-corrected chi connectivity index (χ2v) is 10.2. The number of hydrogen-bond donors (Lipinski definition) is 2. The van der Waals surface area contributed by atoms with Gasteiger partial charge in [-0.15, -0.1) is 0 Å². The van der Waals surface area contributed by atoms with E-state index in [1.807, 2.05) is 19.1 Å². The number of hydrogen-bond acceptors (Lipinski definition) is 5. The average molecular weight is 494 g/mol. The van der Waals surface area contributed by atoms with Gasteiger partial charge in [0, 0.05) is 18.1 Å². The second-order valence-electron chi connectivity index (χ2n) is 8.01. The molecule has 1 fully saturated rings. The van der Waals surface area contributed by atoms with E-state index >= 15 is 0 Å². The van der Waals surface area contributed by atoms with Crippen LogP contribution in [-0.2, 0) is 30.9 Å². The van der Waals surface area contributed by atoms with Gasteiger partial charge in [0.05, 0.1) is 18.0 Å². The highest BCUT2D eigenvalue weighted by Gasteiger charge is 2.36. The number of aryl methyl sites for hydroxylation is 3. The SMILES string of the molecule is Cc1cc(C)c(S(=O)(=O)N2CCCOC2CNC(=O)C(=O)NCc2ccccc2Cl)c(C)c1. The van der Waals surface area contributed by atoms with Crippen molar-refractivity contribution < 1.29 is 22.7 Å². The van der Waals surface area contributed by atoms with E-state index in [1.54, 1.807) is 38.1 Å². The normalized spacial score (nSPS) is 16.9. The fourth-order valence-electron chi connectivity index (χ4n) is 3.95. The van der Waals surface area contributed by atoms with E-state index in [0.29, 0.717) is 34.7 Å². The van der Waals surface area contributed by atoms with Crippen LogP contribution in [0.25, 0.3) is 0 Å². The maximum absolute atomic E-state index is 13.5. The Bertz CT molecular complexity index is 1130. The third-order valence-corrected chi connectivity index (χ3v) is 7.93. The third kappa shape index (κ3) is 5.92. The highest BCUT2D eigenvalue weighted by molar-refractivity contribution is 7.89. The van der Waals surface area contributed by atoms with Gasteiger partial charge in [0.15, 0.2) is 0 Å². The quantitative estimate of drug-likeness (QED) is 0.601. The van der Waals surface area contributed by atoms with Crippen LogP contribution in [0.15, 0.2) is 41.3 Å². The molecule has 1 heterocycles. The van der Waals surface area contributed by atoms with E-state index in [1.165, 1.54) is 4.31 Å². The molecule has 0 bridgehead atoms. The van der Waals surface area contributed by atoms with E-state index in [9.17, 15) is 18.0 Å². The van der Waals surface area contributed by atoms with Gasteiger partial charge in [-0.25, -0.2) is 8.42 Å². The van der Waals surface area contributed by atoms with E-state index in [4.69, 9.17) is 16.3 Å². The molecule has 33 heavy (non-hydrogen) atoms. The van der Waals surface area contributed by atoms with Gasteiger partial charge < -0.3 is 15.4 Å². The standard InChI is InChI=1S/C23H28ClN3O5S/c1-15-11-16(2)21(17(3)12-15)33(30,31)27-9-6-10-32-20(27)14-26-23(29)22(28)25-13-18-7-4-5-8-19(18)24/h4-5,7-8,11-12,20H,6,9-10,13-14H2,1-3H3,(H,25,28)(H,26,29). The summed E-state index contributed by atoms with van der Waals surface area (Å²) in [5.74, 6) is -1.72. The number of sulfonamides is 1. The lowest BCUT2D eigenvalue weighted by molar-refractivity contribution is -0.140. The van der Waals surface area contributed by atoms with Crippen LogP contribution in [0.4, 0.5) is 0 Å². The van der Waals surface area contributed by atoms with Gasteiger partial charge in [-0.3, -0.25) is 9.59 Å². The molecule has 1 saturated heterocycles. The zero-order valence-electron chi connectivity index (χ0n) is 18.9. The largest absolute Gasteiger partial charge is 0.360 e. The zero-order valence-corrected chi connectivity index (χ0v) is 20.4. The highest BCUT2D eigenvalue weighted by Crippen LogP contribution is 2.28. The molecule has 178 valence electrons. The number of nitrogens with zero attached hydrogens (tertiary/aromatic N) is 1. The smallest absolute Gasteiger partial charge is 0.309 e. The van der Waals surface area contributed by atoms with Crippen molar-refractivity contribution in [3.05, 3.63) is 63.7 Å². The predicted molar refractivity (Wildman–Crippen MR) is 125 cm³/mol. The van der Waals surface area contributed by atoms with Crippen LogP contribution in [0.1, 0.15) is 28.7 Å². The molecule has 2 aromatic carbocycles. The van der Waals surface area contributed by atoms with Gasteiger partial charge in [-0.2, -0.15) is 4.31 Å². The number of rotatable bonds is 6. The summed E-state index contributed by atoms with van der Waals surface area (Å²) >= 11 is 6.06. The predicted octanol–water partition coefficient (Wildman–Crippen LogP) is 2.43. The van der Waals surface area contributed by atoms with Gasteiger partial charge in [0.2, 0.25) is 10.0 Å². The molecule has 10 heteroatoms. The van der Waals surface area contributed by atoms with Gasteiger partial charge in [-0.1, -0.05) is 47.5 Å². The van der Waals surface area contributed by atoms with Crippen LogP contribution in [0.2, 0.25) is 5.02 Å². The zero-order chi connectivity index (χ0) is 24.2. The summed E-state index contributed by atoms with van der Waals surface area (Å²) in [5, 5.41) is 5.47. The summed E-state index contributed by atoms with van der Waals surface area (Å²) in [4.78, 5) is 24.7. The van der Waals surface area contributed by atoms with Crippen LogP contribution in [0, 0.1) is 20.8 Å². The van der Waals surface area contributed by atoms with Crippen LogP contribution in [0.5, 0.6) is 0 Å². The summed E-state index contributed by atoms with van der Waals surface area (Å²) in [5.41, 5.74) is 2.96. The molecular weight excluding hydrogens is 466 g/mol. The molecule has 2 N–H and O–H groups in total. The molecule has 0 spiro atoms. The molecule has 2 amide bonds. The summed E-state index contributed by atoms with van der Waals surface area (Å²) in [6, 6.07) is 10.6. The molecular formula is C23H28ClN3O5S. The van der Waals surface area contributed by atoms with Crippen LogP contribution in [0.3, 0.4) is 0 Å². The van der Waals surface area contributed by atoms with Crippen LogP contribution in [-0.4, -0.2) is 50.5 Å². The lowest BCUT2D eigenvalue weighted by Gasteiger charge is -2.35. The summed E-state index contributed by atoms with van der Waals surface area (Å²) in [7, 11) is -3.87. The van der Waals surface area contributed by atoms with Crippen molar-refractivity contribution in [1.82, 2.24) is 14.9 Å². The summed E-state index contributed by atoms with van der Waals surface area (Å²) in [6.07, 6.45) is -0.379. The molecule has 0 saturated carbocycles. The summed E-state index contributed by atoms with van der Waals surface area (Å²) in [6.45, 7) is 6.00. The van der Waals surface area contributed by atoms with E-state index in [0.717, 1.165) is 5.56 Å². The Kier molecular flexibility index (Phi) is 8.12. The first-order valence-electron chi connectivity index (χ1n) is 10.6. The van der Waals surface area contributed by atoms with Crippen molar-refractivity contribution in [3.63, 3.8) is 0 Å². The van der Waals surface area contributed by atoms with Crippen LogP contribution < -0.4 is 10.6 Å². The van der Waals surface area contributed by atoms with Crippen molar-refractivity contribution >= 4 is 33.4 Å². The lowest BCUT2D eigenvalue weighted by Crippen LogP contribution is -2.53. The topological polar surface area (TPSA) is 105 Å². The third-order valence-electron chi connectivity index (χ3n) is 5.37. The molecule has 0 aliphatic carbocycles. The fraction of sp³-hybridized carbons (Fsp3) is 0.391. The molecule has 3 rings (SSSR count). The van der Waals surface area contributed by atoms with Gasteiger partial charge in [0.1, 0.15) is 6.23 Å². The number of carbonyl (C=O) groups is 2. The Morgan fingerprint density at radius 1 is 1.09 bits per heavy atom. The minimum absolute atomic E-state index is 0.0956. The minimum Gasteiger partial charge on any atom is -0.360 e. The van der Waals surface area contributed by atoms with Crippen molar-refractivity contribution in [1.29, 1.82) is 0 Å².